The van der Waals surface area contributed by atoms with E-state index in [2.05, 4.69) is 15.5 Å². The van der Waals surface area contributed by atoms with E-state index in [0.717, 1.165) is 0 Å². The van der Waals surface area contributed by atoms with Gasteiger partial charge in [0.15, 0.2) is 0 Å². The number of amides is 2. The number of thioether (sulfide) groups is 2. The number of fused-ring (bicyclic) bond motifs is 1. The van der Waals surface area contributed by atoms with E-state index < -0.39 is 29.2 Å². The van der Waals surface area contributed by atoms with Gasteiger partial charge in [0.05, 0.1) is 6.42 Å². The number of aromatic nitrogens is 2. The van der Waals surface area contributed by atoms with Gasteiger partial charge in [-0.3, -0.25) is 14.5 Å². The Morgan fingerprint density at radius 1 is 1.21 bits per heavy atom. The number of carboxylic acid groups (broad SMARTS) is 1. The maximum absolute atomic E-state index is 12.8. The van der Waals surface area contributed by atoms with Crippen molar-refractivity contribution in [1.29, 1.82) is 0 Å². The number of carboxylic acids is 1. The van der Waals surface area contributed by atoms with E-state index in [9.17, 15) is 29.7 Å². The van der Waals surface area contributed by atoms with Gasteiger partial charge in [0.25, 0.3) is 5.91 Å². The fraction of sp³-hybridized carbons (Fsp3) is 0.286. The molecule has 3 heterocycles. The number of carbonyl (C=O) groups is 3. The lowest BCUT2D eigenvalue weighted by molar-refractivity contribution is -0.150. The highest BCUT2D eigenvalue weighted by Gasteiger charge is 2.54. The largest absolute Gasteiger partial charge is 0.508 e. The highest BCUT2D eigenvalue weighted by molar-refractivity contribution is 8.01. The second-order valence-corrected chi connectivity index (χ2v) is 9.67. The average Bonchev–Trinajstić information content (AvgIpc) is 2.82. The lowest BCUT2D eigenvalue weighted by Crippen LogP contribution is -2.70. The highest BCUT2D eigenvalue weighted by atomic mass is 32.2. The summed E-state index contributed by atoms with van der Waals surface area (Å²) >= 11 is 2.62. The number of nitrogens with two attached hydrogens (primary N) is 1. The van der Waals surface area contributed by atoms with Crippen molar-refractivity contribution < 1.29 is 29.7 Å². The monoisotopic (exact) mass is 503 g/mol. The SMILES string of the molecule is NCc1cc(O)ccc1CC(=O)NC1C(=O)N2C(C(=O)O)=C(CSc3ccc(O)nn3)CS[C@H]12. The molecule has 1 saturated heterocycles. The minimum Gasteiger partial charge on any atom is -0.508 e. The van der Waals surface area contributed by atoms with Crippen molar-refractivity contribution in [3.8, 4) is 11.6 Å². The van der Waals surface area contributed by atoms with E-state index in [1.807, 2.05) is 0 Å². The van der Waals surface area contributed by atoms with Crippen molar-refractivity contribution in [2.24, 2.45) is 5.73 Å². The van der Waals surface area contributed by atoms with Gasteiger partial charge < -0.3 is 26.4 Å². The average molecular weight is 504 g/mol. The van der Waals surface area contributed by atoms with E-state index in [1.54, 1.807) is 12.1 Å². The molecule has 0 bridgehead atoms. The van der Waals surface area contributed by atoms with Gasteiger partial charge >= 0.3 is 5.97 Å². The Morgan fingerprint density at radius 3 is 2.68 bits per heavy atom. The predicted molar refractivity (Wildman–Crippen MR) is 124 cm³/mol. The number of nitrogens with zero attached hydrogens (tertiary/aromatic N) is 3. The van der Waals surface area contributed by atoms with Crippen LogP contribution in [0.1, 0.15) is 11.1 Å². The van der Waals surface area contributed by atoms with Crippen LogP contribution in [-0.4, -0.2) is 71.1 Å². The third-order valence-electron chi connectivity index (χ3n) is 5.35. The van der Waals surface area contributed by atoms with Crippen molar-refractivity contribution >= 4 is 41.3 Å². The van der Waals surface area contributed by atoms with Gasteiger partial charge in [-0.05, 0) is 34.9 Å². The first-order valence-electron chi connectivity index (χ1n) is 10.1. The molecule has 13 heteroatoms. The van der Waals surface area contributed by atoms with Gasteiger partial charge in [0.2, 0.25) is 11.8 Å². The number of rotatable bonds is 8. The molecule has 34 heavy (non-hydrogen) atoms. The number of phenols is 1. The molecule has 11 nitrogen and oxygen atoms in total. The lowest BCUT2D eigenvalue weighted by Gasteiger charge is -2.49. The molecular formula is C21H21N5O6S2. The number of benzene rings is 1. The van der Waals surface area contributed by atoms with Crippen LogP contribution in [0.25, 0.3) is 0 Å². The normalized spacial score (nSPS) is 19.4. The molecule has 1 fully saturated rings. The van der Waals surface area contributed by atoms with Crippen LogP contribution in [0.5, 0.6) is 11.6 Å². The molecule has 2 amide bonds. The fourth-order valence-electron chi connectivity index (χ4n) is 3.72. The van der Waals surface area contributed by atoms with E-state index in [1.165, 1.54) is 46.6 Å². The predicted octanol–water partition coefficient (Wildman–Crippen LogP) is 0.420. The Morgan fingerprint density at radius 2 is 2.00 bits per heavy atom. The second-order valence-electron chi connectivity index (χ2n) is 7.56. The lowest BCUT2D eigenvalue weighted by atomic mass is 10.0. The van der Waals surface area contributed by atoms with Crippen LogP contribution in [0.3, 0.4) is 0 Å². The molecule has 2 aromatic rings. The number of hydrogen-bond donors (Lipinski definition) is 5. The van der Waals surface area contributed by atoms with Crippen LogP contribution in [0.15, 0.2) is 46.6 Å². The van der Waals surface area contributed by atoms with Gasteiger partial charge in [-0.15, -0.1) is 33.7 Å². The number of aromatic hydroxyl groups is 2. The Hall–Kier alpha value is -3.29. The number of nitrogens with one attached hydrogen (secondary N) is 1. The van der Waals surface area contributed by atoms with Gasteiger partial charge in [0.1, 0.15) is 27.9 Å². The molecule has 2 atom stereocenters. The third kappa shape index (κ3) is 4.81. The van der Waals surface area contributed by atoms with Gasteiger partial charge in [-0.2, -0.15) is 0 Å². The number of carbonyl (C=O) groups excluding carboxylic acids is 2. The van der Waals surface area contributed by atoms with E-state index in [4.69, 9.17) is 5.73 Å². The number of hydrogen-bond acceptors (Lipinski definition) is 10. The Balaban J connectivity index is 1.43. The maximum atomic E-state index is 12.8. The van der Waals surface area contributed by atoms with Crippen LogP contribution in [0.2, 0.25) is 0 Å². The minimum atomic E-state index is -1.22. The van der Waals surface area contributed by atoms with Gasteiger partial charge in [-0.1, -0.05) is 6.07 Å². The summed E-state index contributed by atoms with van der Waals surface area (Å²) in [6.45, 7) is 0.148. The summed E-state index contributed by atoms with van der Waals surface area (Å²) in [6, 6.07) is 6.67. The van der Waals surface area contributed by atoms with Crippen molar-refractivity contribution in [2.45, 2.75) is 29.4 Å². The Bertz CT molecular complexity index is 1170. The molecule has 4 rings (SSSR count). The van der Waals surface area contributed by atoms with Crippen molar-refractivity contribution in [2.75, 3.05) is 11.5 Å². The zero-order valence-corrected chi connectivity index (χ0v) is 19.3. The Labute approximate surface area is 202 Å². The summed E-state index contributed by atoms with van der Waals surface area (Å²) < 4.78 is 0. The highest BCUT2D eigenvalue weighted by Crippen LogP contribution is 2.41. The molecule has 0 spiro atoms. The van der Waals surface area contributed by atoms with E-state index >= 15 is 0 Å². The molecule has 6 N–H and O–H groups in total. The standard InChI is InChI=1S/C21H21N5O6S2/c22-7-11-5-13(27)2-1-10(11)6-15(29)23-17-19(30)26-18(21(31)32)12(9-34-20(17)26)8-33-16-4-3-14(28)24-25-16/h1-5,17,20,27H,6-9,22H2,(H,23,29)(H,24,28)(H,31,32)/t17?,20-/m1/s1. The van der Waals surface area contributed by atoms with Crippen LogP contribution >= 0.6 is 23.5 Å². The first-order valence-corrected chi connectivity index (χ1v) is 12.2. The van der Waals surface area contributed by atoms with Crippen LogP contribution in [-0.2, 0) is 27.3 Å². The molecule has 2 aliphatic rings. The first kappa shape index (κ1) is 23.9. The van der Waals surface area contributed by atoms with Crippen LogP contribution < -0.4 is 11.1 Å². The molecule has 1 unspecified atom stereocenters. The number of β-lactam (4-membered cyclic amide) rings is 1. The summed E-state index contributed by atoms with van der Waals surface area (Å²) in [5.41, 5.74) is 7.42. The number of aliphatic carboxylic acids is 1. The summed E-state index contributed by atoms with van der Waals surface area (Å²) in [4.78, 5) is 38.6. The summed E-state index contributed by atoms with van der Waals surface area (Å²) in [5, 5.41) is 38.7. The summed E-state index contributed by atoms with van der Waals surface area (Å²) in [5.74, 6) is -1.61. The number of phenolic OH excluding ortho intramolecular Hbond substituents is 1. The summed E-state index contributed by atoms with van der Waals surface area (Å²) in [6.07, 6.45) is -0.0227. The smallest absolute Gasteiger partial charge is 0.352 e. The van der Waals surface area contributed by atoms with Crippen molar-refractivity contribution in [3.63, 3.8) is 0 Å². The van der Waals surface area contributed by atoms with Gasteiger partial charge in [0, 0.05) is 24.1 Å². The molecule has 1 aromatic carbocycles. The Kier molecular flexibility index (Phi) is 6.95. The van der Waals surface area contributed by atoms with Crippen LogP contribution in [0, 0.1) is 0 Å². The topological polar surface area (TPSA) is 179 Å². The molecule has 0 aliphatic carbocycles. The van der Waals surface area contributed by atoms with Crippen molar-refractivity contribution in [3.05, 3.63) is 52.7 Å². The molecule has 0 saturated carbocycles. The molecule has 1 aromatic heterocycles. The third-order valence-corrected chi connectivity index (χ3v) is 7.69. The second kappa shape index (κ2) is 9.91. The maximum Gasteiger partial charge on any atom is 0.352 e. The van der Waals surface area contributed by atoms with Gasteiger partial charge in [-0.25, -0.2) is 4.79 Å². The fourth-order valence-corrected chi connectivity index (χ4v) is 6.02. The molecule has 178 valence electrons. The molecule has 0 radical (unpaired) electrons. The molecular weight excluding hydrogens is 482 g/mol. The van der Waals surface area contributed by atoms with Crippen LogP contribution in [0.4, 0.5) is 0 Å². The summed E-state index contributed by atoms with van der Waals surface area (Å²) in [7, 11) is 0. The molecule has 2 aliphatic heterocycles. The zero-order valence-electron chi connectivity index (χ0n) is 17.7. The first-order chi connectivity index (χ1) is 16.3. The van der Waals surface area contributed by atoms with E-state index in [-0.39, 0.29) is 36.0 Å². The quantitative estimate of drug-likeness (QED) is 0.249. The van der Waals surface area contributed by atoms with E-state index in [0.29, 0.717) is 27.5 Å². The minimum absolute atomic E-state index is 0.0227. The van der Waals surface area contributed by atoms with Crippen molar-refractivity contribution in [1.82, 2.24) is 20.4 Å². The zero-order chi connectivity index (χ0) is 24.4.